The number of nitrogens with two attached hydrogens (primary N) is 2. The number of rotatable bonds is 11. The second-order valence-electron chi connectivity index (χ2n) is 5.97. The van der Waals surface area contributed by atoms with E-state index in [1.165, 1.54) is 0 Å². The summed E-state index contributed by atoms with van der Waals surface area (Å²) in [6.07, 6.45) is 0.707. The maximum atomic E-state index is 9.00. The molecule has 0 bridgehead atoms. The van der Waals surface area contributed by atoms with Crippen molar-refractivity contribution in [1.29, 1.82) is 0 Å². The topological polar surface area (TPSA) is 244 Å². The third-order valence-electron chi connectivity index (χ3n) is 2.67. The first-order valence-corrected chi connectivity index (χ1v) is 11.6. The summed E-state index contributed by atoms with van der Waals surface area (Å²) in [5, 5.41) is 32.8. The first-order valence-electron chi connectivity index (χ1n) is 9.91. The molecule has 16 heteroatoms. The Hall–Kier alpha value is -2.18. The van der Waals surface area contributed by atoms with Crippen molar-refractivity contribution in [3.63, 3.8) is 0 Å². The molecule has 1 atom stereocenters. The molecule has 0 saturated carbocycles. The molecule has 0 fully saturated rings. The van der Waals surface area contributed by atoms with E-state index in [0.717, 1.165) is 47.2 Å². The average Bonchev–Trinajstić information content (AvgIpc) is 2.67. The van der Waals surface area contributed by atoms with Gasteiger partial charge in [-0.15, -0.1) is 0 Å². The van der Waals surface area contributed by atoms with Crippen LogP contribution in [0.25, 0.3) is 0 Å². The molecule has 0 spiro atoms. The van der Waals surface area contributed by atoms with Gasteiger partial charge in [0.05, 0.1) is 6.17 Å². The molecule has 15 nitrogen and oxygen atoms in total. The Morgan fingerprint density at radius 2 is 1.15 bits per heavy atom. The summed E-state index contributed by atoms with van der Waals surface area (Å²) in [4.78, 5) is 36.0. The van der Waals surface area contributed by atoms with E-state index < -0.39 is 32.8 Å². The van der Waals surface area contributed by atoms with Crippen molar-refractivity contribution in [3.05, 3.63) is 0 Å². The van der Waals surface area contributed by atoms with Gasteiger partial charge in [-0.05, 0) is 13.0 Å². The molecule has 1 unspecified atom stereocenters. The van der Waals surface area contributed by atoms with Gasteiger partial charge >= 0.3 is 8.97 Å². The lowest BCUT2D eigenvalue weighted by atomic mass is 10.4. The van der Waals surface area contributed by atoms with E-state index in [-0.39, 0.29) is 6.17 Å². The van der Waals surface area contributed by atoms with Crippen LogP contribution in [-0.4, -0.2) is 112 Å². The first-order chi connectivity index (χ1) is 15.5. The van der Waals surface area contributed by atoms with Crippen molar-refractivity contribution in [2.24, 2.45) is 11.5 Å². The number of aliphatic carboxylic acids is 4. The highest BCUT2D eigenvalue weighted by Crippen LogP contribution is 2.15. The standard InChI is InChI=1S/C10H28N4O3Si.4C2H4O2/c1-5-8-14(10(12)9-13-7-6-11)18(15-2,16-3)17-4;4*1-2(3)4/h10,13H,5-9,11-12H2,1-4H3;4*1H3,(H,3,4). The Balaban J connectivity index is -0.000000141. The summed E-state index contributed by atoms with van der Waals surface area (Å²) < 4.78 is 18.4. The lowest BCUT2D eigenvalue weighted by molar-refractivity contribution is -0.135. The van der Waals surface area contributed by atoms with Crippen LogP contribution in [0.2, 0.25) is 0 Å². The molecular formula is C18H44N4O11Si. The second-order valence-corrected chi connectivity index (χ2v) is 8.81. The summed E-state index contributed by atoms with van der Waals surface area (Å²) >= 11 is 0. The van der Waals surface area contributed by atoms with Crippen molar-refractivity contribution in [2.45, 2.75) is 47.2 Å². The molecular weight excluding hydrogens is 476 g/mol. The van der Waals surface area contributed by atoms with Crippen molar-refractivity contribution in [3.8, 4) is 0 Å². The number of hydrogen-bond donors (Lipinski definition) is 7. The maximum Gasteiger partial charge on any atom is 0.600 e. The minimum atomic E-state index is -2.85. The van der Waals surface area contributed by atoms with Crippen molar-refractivity contribution in [2.75, 3.05) is 47.5 Å². The molecule has 0 radical (unpaired) electrons. The molecule has 0 heterocycles. The summed E-state index contributed by atoms with van der Waals surface area (Å²) in [5.74, 6) is -3.33. The number of nitrogens with zero attached hydrogens (tertiary/aromatic N) is 1. The van der Waals surface area contributed by atoms with Gasteiger partial charge in [-0.25, -0.2) is 4.57 Å². The zero-order valence-corrected chi connectivity index (χ0v) is 22.4. The Kier molecular flexibility index (Phi) is 35.7. The van der Waals surface area contributed by atoms with Gasteiger partial charge in [0.25, 0.3) is 23.9 Å². The van der Waals surface area contributed by atoms with Crippen molar-refractivity contribution >= 4 is 32.8 Å². The average molecular weight is 521 g/mol. The van der Waals surface area contributed by atoms with Crippen molar-refractivity contribution < 1.29 is 52.9 Å². The van der Waals surface area contributed by atoms with Gasteiger partial charge in [-0.1, -0.05) is 6.92 Å². The van der Waals surface area contributed by atoms with Gasteiger partial charge in [-0.3, -0.25) is 19.2 Å². The molecule has 0 amide bonds. The summed E-state index contributed by atoms with van der Waals surface area (Å²) in [5.41, 5.74) is 11.6. The van der Waals surface area contributed by atoms with Gasteiger partial charge in [0.15, 0.2) is 0 Å². The molecule has 0 aromatic rings. The van der Waals surface area contributed by atoms with Crippen molar-refractivity contribution in [1.82, 2.24) is 9.88 Å². The van der Waals surface area contributed by atoms with E-state index in [4.69, 9.17) is 64.3 Å². The fourth-order valence-electron chi connectivity index (χ4n) is 1.81. The van der Waals surface area contributed by atoms with Crippen LogP contribution in [0.5, 0.6) is 0 Å². The van der Waals surface area contributed by atoms with E-state index in [1.54, 1.807) is 21.3 Å². The Bertz CT molecular complexity index is 452. The van der Waals surface area contributed by atoms with Crippen LogP contribution in [0, 0.1) is 0 Å². The van der Waals surface area contributed by atoms with Crippen LogP contribution < -0.4 is 16.8 Å². The minimum absolute atomic E-state index is 0.233. The SMILES string of the molecule is CC(=O)O.CC(=O)O.CC(=O)O.CC(=O)O.CCCN(C(N)CNCCN)[Si](OC)(OC)OC. The Labute approximate surface area is 202 Å². The number of nitrogens with one attached hydrogen (secondary N) is 1. The monoisotopic (exact) mass is 520 g/mol. The lowest BCUT2D eigenvalue weighted by Gasteiger charge is -2.38. The van der Waals surface area contributed by atoms with Crippen LogP contribution in [-0.2, 0) is 32.5 Å². The Morgan fingerprint density at radius 1 is 0.853 bits per heavy atom. The van der Waals surface area contributed by atoms with Gasteiger partial charge in [0, 0.05) is 68.7 Å². The fourth-order valence-corrected chi connectivity index (χ4v) is 4.01. The molecule has 0 rings (SSSR count). The lowest BCUT2D eigenvalue weighted by Crippen LogP contribution is -2.67. The van der Waals surface area contributed by atoms with Gasteiger partial charge < -0.3 is 50.5 Å². The largest absolute Gasteiger partial charge is 0.600 e. The highest BCUT2D eigenvalue weighted by Gasteiger charge is 2.48. The van der Waals surface area contributed by atoms with Crippen LogP contribution in [0.3, 0.4) is 0 Å². The molecule has 0 aromatic carbocycles. The molecule has 0 aliphatic heterocycles. The van der Waals surface area contributed by atoms with E-state index in [9.17, 15) is 0 Å². The number of carboxylic acids is 4. The van der Waals surface area contributed by atoms with Gasteiger partial charge in [0.1, 0.15) is 0 Å². The fraction of sp³-hybridized carbons (Fsp3) is 0.778. The van der Waals surface area contributed by atoms with E-state index in [0.29, 0.717) is 13.1 Å². The first kappa shape index (κ1) is 42.0. The second kappa shape index (κ2) is 28.8. The zero-order valence-electron chi connectivity index (χ0n) is 21.4. The molecule has 206 valence electrons. The third kappa shape index (κ3) is 40.2. The minimum Gasteiger partial charge on any atom is -0.481 e. The van der Waals surface area contributed by atoms with Crippen LogP contribution in [0.1, 0.15) is 41.0 Å². The molecule has 0 aliphatic rings. The predicted molar refractivity (Wildman–Crippen MR) is 127 cm³/mol. The highest BCUT2D eigenvalue weighted by molar-refractivity contribution is 6.57. The number of carboxylic acid groups (broad SMARTS) is 4. The normalized spacial score (nSPS) is 10.4. The van der Waals surface area contributed by atoms with E-state index in [2.05, 4.69) is 12.2 Å². The number of hydrogen-bond acceptors (Lipinski definition) is 11. The smallest absolute Gasteiger partial charge is 0.481 e. The highest BCUT2D eigenvalue weighted by atomic mass is 28.4. The third-order valence-corrected chi connectivity index (χ3v) is 5.47. The van der Waals surface area contributed by atoms with E-state index >= 15 is 0 Å². The van der Waals surface area contributed by atoms with Gasteiger partial charge in [0.2, 0.25) is 0 Å². The van der Waals surface area contributed by atoms with E-state index in [1.807, 2.05) is 4.57 Å². The predicted octanol–water partition coefficient (Wildman–Crippen LogP) is -0.730. The van der Waals surface area contributed by atoms with Crippen LogP contribution in [0.4, 0.5) is 0 Å². The summed E-state index contributed by atoms with van der Waals surface area (Å²) in [7, 11) is 1.90. The quantitative estimate of drug-likeness (QED) is 0.101. The summed E-state index contributed by atoms with van der Waals surface area (Å²) in [6, 6.07) is 0. The molecule has 9 N–H and O–H groups in total. The van der Waals surface area contributed by atoms with Crippen LogP contribution in [0.15, 0.2) is 0 Å². The zero-order chi connectivity index (χ0) is 28.3. The molecule has 0 aliphatic carbocycles. The van der Waals surface area contributed by atoms with Crippen LogP contribution >= 0.6 is 0 Å². The molecule has 0 saturated heterocycles. The number of carbonyl (C=O) groups is 4. The summed E-state index contributed by atoms with van der Waals surface area (Å²) in [6.45, 7) is 9.10. The maximum absolute atomic E-state index is 9.00. The Morgan fingerprint density at radius 3 is 1.35 bits per heavy atom. The molecule has 0 aromatic heterocycles. The van der Waals surface area contributed by atoms with Gasteiger partial charge in [-0.2, -0.15) is 0 Å². The molecule has 34 heavy (non-hydrogen) atoms.